The number of nitrogen functional groups attached to an aromatic ring is 1. The van der Waals surface area contributed by atoms with Gasteiger partial charge < -0.3 is 25.8 Å². The summed E-state index contributed by atoms with van der Waals surface area (Å²) in [4.78, 5) is 24.6. The van der Waals surface area contributed by atoms with Crippen molar-refractivity contribution in [2.24, 2.45) is 0 Å². The van der Waals surface area contributed by atoms with Crippen LogP contribution in [0.15, 0.2) is 39.9 Å². The second kappa shape index (κ2) is 8.27. The maximum Gasteiger partial charge on any atom is 0.338 e. The molecule has 9 nitrogen and oxygen atoms in total. The molecule has 0 fully saturated rings. The zero-order chi connectivity index (χ0) is 19.4. The van der Waals surface area contributed by atoms with E-state index in [2.05, 4.69) is 20.8 Å². The molecule has 11 heteroatoms. The molecule has 1 atom stereocenters. The number of nitrogens with one attached hydrogen (secondary N) is 2. The summed E-state index contributed by atoms with van der Waals surface area (Å²) in [6.45, 7) is 0. The Hall–Kier alpha value is -2.79. The summed E-state index contributed by atoms with van der Waals surface area (Å²) in [5.41, 5.74) is 7.09. The minimum atomic E-state index is -0.646. The Labute approximate surface area is 163 Å². The van der Waals surface area contributed by atoms with Crippen LogP contribution in [0.25, 0.3) is 0 Å². The third-order valence-electron chi connectivity index (χ3n) is 3.77. The topological polar surface area (TPSA) is 128 Å². The number of hydrogen-bond donors (Lipinski definition) is 3. The summed E-state index contributed by atoms with van der Waals surface area (Å²) in [7, 11) is 2.86. The normalized spacial score (nSPS) is 16.5. The van der Waals surface area contributed by atoms with Gasteiger partial charge in [0.05, 0.1) is 25.8 Å². The molecule has 3 rings (SSSR count). The number of rotatable bonds is 6. The van der Waals surface area contributed by atoms with Gasteiger partial charge in [-0.25, -0.2) is 9.59 Å². The number of carbonyl (C=O) groups is 2. The van der Waals surface area contributed by atoms with E-state index in [0.717, 1.165) is 5.56 Å². The number of aromatic nitrogens is 2. The van der Waals surface area contributed by atoms with E-state index in [1.54, 1.807) is 31.4 Å². The maximum atomic E-state index is 12.5. The molecule has 0 aliphatic carbocycles. The summed E-state index contributed by atoms with van der Waals surface area (Å²) in [6, 6.07) is 6.04. The Morgan fingerprint density at radius 3 is 2.63 bits per heavy atom. The van der Waals surface area contributed by atoms with Crippen LogP contribution in [0, 0.1) is 0 Å². The largest absolute Gasteiger partial charge is 0.497 e. The van der Waals surface area contributed by atoms with E-state index >= 15 is 0 Å². The van der Waals surface area contributed by atoms with Gasteiger partial charge in [0.15, 0.2) is 4.34 Å². The number of thioether (sulfide) groups is 1. The lowest BCUT2D eigenvalue weighted by molar-refractivity contribution is -0.136. The fourth-order valence-corrected chi connectivity index (χ4v) is 4.15. The van der Waals surface area contributed by atoms with Crippen LogP contribution < -0.4 is 21.1 Å². The van der Waals surface area contributed by atoms with Gasteiger partial charge in [-0.05, 0) is 17.7 Å². The number of methoxy groups -OCH3 is 2. The third kappa shape index (κ3) is 4.31. The average Bonchev–Trinajstić information content (AvgIpc) is 3.10. The molecule has 142 valence electrons. The Morgan fingerprint density at radius 1 is 1.30 bits per heavy atom. The Kier molecular flexibility index (Phi) is 5.81. The number of hydrogen-bond acceptors (Lipinski definition) is 9. The smallest absolute Gasteiger partial charge is 0.338 e. The van der Waals surface area contributed by atoms with Crippen LogP contribution in [0.2, 0.25) is 0 Å². The van der Waals surface area contributed by atoms with Crippen LogP contribution in [-0.2, 0) is 9.53 Å². The molecule has 0 radical (unpaired) electrons. The van der Waals surface area contributed by atoms with E-state index in [-0.39, 0.29) is 0 Å². The number of urea groups is 1. The predicted molar refractivity (Wildman–Crippen MR) is 101 cm³/mol. The van der Waals surface area contributed by atoms with Crippen molar-refractivity contribution in [2.75, 3.05) is 25.7 Å². The van der Waals surface area contributed by atoms with E-state index in [0.29, 0.717) is 32.2 Å². The van der Waals surface area contributed by atoms with E-state index in [9.17, 15) is 9.59 Å². The zero-order valence-electron chi connectivity index (χ0n) is 14.5. The van der Waals surface area contributed by atoms with Gasteiger partial charge in [0.25, 0.3) is 0 Å². The highest BCUT2D eigenvalue weighted by molar-refractivity contribution is 8.01. The molecule has 0 saturated carbocycles. The first kappa shape index (κ1) is 19.0. The molecule has 0 saturated heterocycles. The molecule has 1 aliphatic rings. The first-order valence-electron chi connectivity index (χ1n) is 7.76. The molecule has 2 amide bonds. The molecule has 27 heavy (non-hydrogen) atoms. The van der Waals surface area contributed by atoms with E-state index < -0.39 is 18.0 Å². The number of esters is 1. The number of ether oxygens (including phenoxy) is 2. The Morgan fingerprint density at radius 2 is 2.04 bits per heavy atom. The van der Waals surface area contributed by atoms with Crippen molar-refractivity contribution in [3.8, 4) is 5.75 Å². The third-order valence-corrected chi connectivity index (χ3v) is 5.68. The second-order valence-corrected chi connectivity index (χ2v) is 7.61. The SMILES string of the molecule is COC(=O)C1=C(CSc2nnc(N)s2)NC(=O)N[C@@H]1c1ccc(OC)cc1. The van der Waals surface area contributed by atoms with E-state index in [1.165, 1.54) is 30.2 Å². The first-order chi connectivity index (χ1) is 13.0. The lowest BCUT2D eigenvalue weighted by atomic mass is 9.95. The lowest BCUT2D eigenvalue weighted by Crippen LogP contribution is -2.46. The summed E-state index contributed by atoms with van der Waals surface area (Å²) in [5, 5.41) is 13.5. The molecule has 1 aromatic carbocycles. The van der Waals surface area contributed by atoms with Crippen LogP contribution in [0.5, 0.6) is 5.75 Å². The molecule has 1 aliphatic heterocycles. The highest BCUT2D eigenvalue weighted by atomic mass is 32.2. The molecular weight excluding hydrogens is 390 g/mol. The lowest BCUT2D eigenvalue weighted by Gasteiger charge is -2.29. The fraction of sp³-hybridized carbons (Fsp3) is 0.250. The molecule has 2 aromatic rings. The molecular formula is C16H17N5O4S2. The Balaban J connectivity index is 1.94. The van der Waals surface area contributed by atoms with Crippen molar-refractivity contribution in [2.45, 2.75) is 10.4 Å². The van der Waals surface area contributed by atoms with Gasteiger partial charge in [0, 0.05) is 11.4 Å². The Bertz CT molecular complexity index is 881. The van der Waals surface area contributed by atoms with Crippen molar-refractivity contribution < 1.29 is 19.1 Å². The van der Waals surface area contributed by atoms with Crippen molar-refractivity contribution in [3.63, 3.8) is 0 Å². The molecule has 4 N–H and O–H groups in total. The van der Waals surface area contributed by atoms with Gasteiger partial charge in [0.1, 0.15) is 5.75 Å². The first-order valence-corrected chi connectivity index (χ1v) is 9.56. The second-order valence-electron chi connectivity index (χ2n) is 5.38. The number of carbonyl (C=O) groups excluding carboxylic acids is 2. The molecule has 1 aromatic heterocycles. The van der Waals surface area contributed by atoms with E-state index in [4.69, 9.17) is 15.2 Å². The van der Waals surface area contributed by atoms with Gasteiger partial charge in [-0.1, -0.05) is 35.2 Å². The monoisotopic (exact) mass is 407 g/mol. The quantitative estimate of drug-likeness (QED) is 0.488. The van der Waals surface area contributed by atoms with Crippen LogP contribution in [-0.4, -0.2) is 42.2 Å². The average molecular weight is 407 g/mol. The van der Waals surface area contributed by atoms with Crippen LogP contribution in [0.1, 0.15) is 11.6 Å². The fourth-order valence-electron chi connectivity index (χ4n) is 2.54. The summed E-state index contributed by atoms with van der Waals surface area (Å²) in [5.74, 6) is 0.446. The van der Waals surface area contributed by atoms with Gasteiger partial charge in [0.2, 0.25) is 5.13 Å². The zero-order valence-corrected chi connectivity index (χ0v) is 16.1. The van der Waals surface area contributed by atoms with Gasteiger partial charge in [-0.15, -0.1) is 10.2 Å². The number of anilines is 1. The van der Waals surface area contributed by atoms with Crippen LogP contribution >= 0.6 is 23.1 Å². The van der Waals surface area contributed by atoms with Crippen molar-refractivity contribution in [1.82, 2.24) is 20.8 Å². The highest BCUT2D eigenvalue weighted by Crippen LogP contribution is 2.32. The number of nitrogens with two attached hydrogens (primary N) is 1. The van der Waals surface area contributed by atoms with Gasteiger partial charge in [-0.3, -0.25) is 0 Å². The molecule has 0 spiro atoms. The molecule has 0 bridgehead atoms. The number of benzene rings is 1. The highest BCUT2D eigenvalue weighted by Gasteiger charge is 2.33. The van der Waals surface area contributed by atoms with Gasteiger partial charge in [-0.2, -0.15) is 0 Å². The predicted octanol–water partition coefficient (Wildman–Crippen LogP) is 1.70. The van der Waals surface area contributed by atoms with Crippen LogP contribution in [0.3, 0.4) is 0 Å². The van der Waals surface area contributed by atoms with Crippen molar-refractivity contribution in [3.05, 3.63) is 41.1 Å². The standard InChI is InChI=1S/C16H17N5O4S2/c1-24-9-5-3-8(4-6-9)12-11(13(22)25-2)10(18-15(23)19-12)7-26-16-21-20-14(17)27-16/h3-6,12H,7H2,1-2H3,(H2,17,20)(H2,18,19,23)/t12-/m1/s1. The minimum absolute atomic E-state index is 0.305. The van der Waals surface area contributed by atoms with Gasteiger partial charge >= 0.3 is 12.0 Å². The van der Waals surface area contributed by atoms with Crippen molar-refractivity contribution in [1.29, 1.82) is 0 Å². The van der Waals surface area contributed by atoms with Crippen molar-refractivity contribution >= 4 is 40.2 Å². The summed E-state index contributed by atoms with van der Waals surface area (Å²) in [6.07, 6.45) is 0. The minimum Gasteiger partial charge on any atom is -0.497 e. The van der Waals surface area contributed by atoms with E-state index in [1.807, 2.05) is 0 Å². The number of amides is 2. The van der Waals surface area contributed by atoms with Crippen LogP contribution in [0.4, 0.5) is 9.93 Å². The maximum absolute atomic E-state index is 12.5. The molecule has 2 heterocycles. The molecule has 0 unspecified atom stereocenters. The summed E-state index contributed by atoms with van der Waals surface area (Å²) >= 11 is 2.55. The number of nitrogens with zero attached hydrogens (tertiary/aromatic N) is 2. The summed E-state index contributed by atoms with van der Waals surface area (Å²) < 4.78 is 10.7.